The molecule has 0 radical (unpaired) electrons. The van der Waals surface area contributed by atoms with Gasteiger partial charge in [-0.05, 0) is 38.0 Å². The molecule has 1 fully saturated rings. The lowest BCUT2D eigenvalue weighted by molar-refractivity contribution is 0.0293. The van der Waals surface area contributed by atoms with Crippen LogP contribution in [-0.4, -0.2) is 63.0 Å². The Morgan fingerprint density at radius 3 is 2.58 bits per heavy atom. The van der Waals surface area contributed by atoms with Crippen molar-refractivity contribution in [1.29, 1.82) is 0 Å². The van der Waals surface area contributed by atoms with E-state index in [1.54, 1.807) is 23.9 Å². The Bertz CT molecular complexity index is 1150. The zero-order chi connectivity index (χ0) is 23.6. The number of rotatable bonds is 8. The summed E-state index contributed by atoms with van der Waals surface area (Å²) in [5, 5.41) is 4.54. The van der Waals surface area contributed by atoms with Gasteiger partial charge in [-0.15, -0.1) is 0 Å². The number of H-pyrrole nitrogens is 1. The maximum Gasteiger partial charge on any atom is 0.278 e. The molecule has 3 aromatic rings. The lowest BCUT2D eigenvalue weighted by Gasteiger charge is -2.43. The molecule has 1 N–H and O–H groups in total. The molecule has 178 valence electrons. The third-order valence-electron chi connectivity index (χ3n) is 6.19. The maximum atomic E-state index is 13.5. The number of halogens is 1. The molecule has 1 aliphatic heterocycles. The van der Waals surface area contributed by atoms with E-state index in [1.807, 2.05) is 0 Å². The number of hydrogen-bond donors (Lipinski definition) is 1. The third-order valence-corrected chi connectivity index (χ3v) is 6.19. The van der Waals surface area contributed by atoms with Crippen LogP contribution in [-0.2, 0) is 24.8 Å². The normalized spacial score (nSPS) is 15.3. The number of hydrogen-bond acceptors (Lipinski definition) is 6. The van der Waals surface area contributed by atoms with Gasteiger partial charge in [0.05, 0.1) is 24.4 Å². The predicted molar refractivity (Wildman–Crippen MR) is 127 cm³/mol. The van der Waals surface area contributed by atoms with Gasteiger partial charge in [-0.25, -0.2) is 9.37 Å². The first kappa shape index (κ1) is 23.4. The van der Waals surface area contributed by atoms with Gasteiger partial charge in [-0.2, -0.15) is 5.10 Å². The van der Waals surface area contributed by atoms with Crippen LogP contribution < -0.4 is 10.5 Å². The van der Waals surface area contributed by atoms with E-state index in [4.69, 9.17) is 9.72 Å². The SMILES string of the molecule is CCCc1nn(C)c2c(=O)[nH]c(N(Cc3ccc(F)cc3)C(C)(C)CN3CCOCC3)nc12. The van der Waals surface area contributed by atoms with Crippen LogP contribution >= 0.6 is 0 Å². The van der Waals surface area contributed by atoms with Crippen molar-refractivity contribution < 1.29 is 9.13 Å². The minimum Gasteiger partial charge on any atom is -0.379 e. The molecule has 2 aromatic heterocycles. The first-order chi connectivity index (χ1) is 15.8. The number of anilines is 1. The van der Waals surface area contributed by atoms with Gasteiger partial charge in [-0.1, -0.05) is 25.5 Å². The highest BCUT2D eigenvalue weighted by Gasteiger charge is 2.32. The van der Waals surface area contributed by atoms with Gasteiger partial charge >= 0.3 is 0 Å². The standard InChI is InChI=1S/C24H33FN6O2/c1-5-6-19-20-21(29(4)28-19)22(32)27-23(26-20)31(15-17-7-9-18(25)10-8-17)24(2,3)16-30-11-13-33-14-12-30/h7-10H,5-6,11-16H2,1-4H3,(H,26,27,32). The molecule has 33 heavy (non-hydrogen) atoms. The summed E-state index contributed by atoms with van der Waals surface area (Å²) in [6, 6.07) is 6.47. The van der Waals surface area contributed by atoms with Crippen molar-refractivity contribution >= 4 is 17.0 Å². The molecule has 8 nitrogen and oxygen atoms in total. The summed E-state index contributed by atoms with van der Waals surface area (Å²) in [6.45, 7) is 10.8. The van der Waals surface area contributed by atoms with Crippen LogP contribution in [0.2, 0.25) is 0 Å². The Labute approximate surface area is 193 Å². The van der Waals surface area contributed by atoms with E-state index >= 15 is 0 Å². The lowest BCUT2D eigenvalue weighted by Crippen LogP contribution is -2.54. The molecule has 1 aliphatic rings. The van der Waals surface area contributed by atoms with Crippen molar-refractivity contribution in [3.63, 3.8) is 0 Å². The van der Waals surface area contributed by atoms with Crippen LogP contribution in [0.3, 0.4) is 0 Å². The van der Waals surface area contributed by atoms with Crippen LogP contribution in [0.15, 0.2) is 29.1 Å². The van der Waals surface area contributed by atoms with Gasteiger partial charge in [0, 0.05) is 33.2 Å². The van der Waals surface area contributed by atoms with Crippen molar-refractivity contribution in [2.24, 2.45) is 7.05 Å². The molecule has 0 spiro atoms. The summed E-state index contributed by atoms with van der Waals surface area (Å²) in [5.74, 6) is 0.228. The summed E-state index contributed by atoms with van der Waals surface area (Å²) in [4.78, 5) is 25.5. The van der Waals surface area contributed by atoms with E-state index in [-0.39, 0.29) is 16.9 Å². The summed E-state index contributed by atoms with van der Waals surface area (Å²) in [5.41, 5.74) is 2.31. The minimum atomic E-state index is -0.373. The third kappa shape index (κ3) is 5.09. The minimum absolute atomic E-state index is 0.210. The Balaban J connectivity index is 1.77. The Morgan fingerprint density at radius 2 is 1.91 bits per heavy atom. The first-order valence-electron chi connectivity index (χ1n) is 11.6. The average molecular weight is 457 g/mol. The van der Waals surface area contributed by atoms with Crippen molar-refractivity contribution in [1.82, 2.24) is 24.6 Å². The van der Waals surface area contributed by atoms with Crippen molar-refractivity contribution in [2.45, 2.75) is 45.7 Å². The smallest absolute Gasteiger partial charge is 0.278 e. The first-order valence-corrected chi connectivity index (χ1v) is 11.6. The van der Waals surface area contributed by atoms with E-state index in [9.17, 15) is 9.18 Å². The van der Waals surface area contributed by atoms with E-state index < -0.39 is 0 Å². The number of fused-ring (bicyclic) bond motifs is 1. The molecule has 0 aliphatic carbocycles. The second-order valence-electron chi connectivity index (χ2n) is 9.32. The van der Waals surface area contributed by atoms with Crippen LogP contribution in [0, 0.1) is 5.82 Å². The van der Waals surface area contributed by atoms with E-state index in [0.717, 1.165) is 43.7 Å². The Hall–Kier alpha value is -2.78. The zero-order valence-corrected chi connectivity index (χ0v) is 19.9. The number of aromatic nitrogens is 4. The molecule has 4 rings (SSSR count). The second kappa shape index (κ2) is 9.61. The molecule has 3 heterocycles. The number of aryl methyl sites for hydroxylation is 2. The molecule has 0 atom stereocenters. The second-order valence-corrected chi connectivity index (χ2v) is 9.32. The van der Waals surface area contributed by atoms with Crippen molar-refractivity contribution in [3.8, 4) is 0 Å². The van der Waals surface area contributed by atoms with Crippen LogP contribution in [0.1, 0.15) is 38.4 Å². The lowest BCUT2D eigenvalue weighted by atomic mass is 10.0. The molecule has 0 amide bonds. The largest absolute Gasteiger partial charge is 0.379 e. The quantitative estimate of drug-likeness (QED) is 0.562. The summed E-state index contributed by atoms with van der Waals surface area (Å²) < 4.78 is 20.7. The molecule has 9 heteroatoms. The van der Waals surface area contributed by atoms with Crippen molar-refractivity contribution in [2.75, 3.05) is 37.7 Å². The van der Waals surface area contributed by atoms with E-state index in [1.165, 1.54) is 12.1 Å². The van der Waals surface area contributed by atoms with E-state index in [2.05, 4.69) is 40.7 Å². The highest BCUT2D eigenvalue weighted by Crippen LogP contribution is 2.26. The fourth-order valence-corrected chi connectivity index (χ4v) is 4.51. The number of ether oxygens (including phenoxy) is 1. The van der Waals surface area contributed by atoms with Gasteiger partial charge in [0.15, 0.2) is 5.52 Å². The van der Waals surface area contributed by atoms with Gasteiger partial charge in [0.2, 0.25) is 5.95 Å². The maximum absolute atomic E-state index is 13.5. The van der Waals surface area contributed by atoms with Crippen molar-refractivity contribution in [3.05, 3.63) is 51.7 Å². The molecule has 1 saturated heterocycles. The molecule has 0 saturated carbocycles. The molecular formula is C24H33FN6O2. The predicted octanol–water partition coefficient (Wildman–Crippen LogP) is 2.87. The van der Waals surface area contributed by atoms with Crippen LogP contribution in [0.25, 0.3) is 11.0 Å². The van der Waals surface area contributed by atoms with Crippen LogP contribution in [0.4, 0.5) is 10.3 Å². The van der Waals surface area contributed by atoms with Crippen LogP contribution in [0.5, 0.6) is 0 Å². The Kier molecular flexibility index (Phi) is 6.81. The van der Waals surface area contributed by atoms with E-state index in [0.29, 0.717) is 36.7 Å². The van der Waals surface area contributed by atoms with Gasteiger partial charge in [-0.3, -0.25) is 19.4 Å². The topological polar surface area (TPSA) is 79.3 Å². The number of morpholine rings is 1. The zero-order valence-electron chi connectivity index (χ0n) is 19.9. The fourth-order valence-electron chi connectivity index (χ4n) is 4.51. The molecule has 0 unspecified atom stereocenters. The number of nitrogens with one attached hydrogen (secondary N) is 1. The monoisotopic (exact) mass is 456 g/mol. The van der Waals surface area contributed by atoms with Gasteiger partial charge < -0.3 is 9.64 Å². The number of benzene rings is 1. The van der Waals surface area contributed by atoms with Gasteiger partial charge in [0.1, 0.15) is 11.3 Å². The molecular weight excluding hydrogens is 423 g/mol. The molecule has 0 bridgehead atoms. The summed E-state index contributed by atoms with van der Waals surface area (Å²) in [6.07, 6.45) is 1.67. The summed E-state index contributed by atoms with van der Waals surface area (Å²) >= 11 is 0. The highest BCUT2D eigenvalue weighted by atomic mass is 19.1. The Morgan fingerprint density at radius 1 is 1.21 bits per heavy atom. The molecule has 1 aromatic carbocycles. The number of nitrogens with zero attached hydrogens (tertiary/aromatic N) is 5. The summed E-state index contributed by atoms with van der Waals surface area (Å²) in [7, 11) is 1.77. The van der Waals surface area contributed by atoms with Gasteiger partial charge in [0.25, 0.3) is 5.56 Å². The average Bonchev–Trinajstić information content (AvgIpc) is 3.09. The fraction of sp³-hybridized carbons (Fsp3) is 0.542. The number of aromatic amines is 1. The highest BCUT2D eigenvalue weighted by molar-refractivity contribution is 5.78.